The smallest absolute Gasteiger partial charge is 0.326 e. The Morgan fingerprint density at radius 2 is 2.31 bits per heavy atom. The summed E-state index contributed by atoms with van der Waals surface area (Å²) >= 11 is 0. The van der Waals surface area contributed by atoms with Crippen molar-refractivity contribution < 1.29 is 14.2 Å². The van der Waals surface area contributed by atoms with E-state index in [0.29, 0.717) is 0 Å². The largest absolute Gasteiger partial charge is 0.542 e. The molecule has 0 aromatic carbocycles. The maximum Gasteiger partial charge on any atom is 0.326 e. The fraction of sp³-hybridized carbons (Fsp3) is 0.833. The average Bonchev–Trinajstić information content (AvgIpc) is 2.18. The van der Waals surface area contributed by atoms with E-state index >= 15 is 0 Å². The van der Waals surface area contributed by atoms with Crippen molar-refractivity contribution >= 4 is 43.5 Å². The molecule has 1 heterocycles. The van der Waals surface area contributed by atoms with Crippen LogP contribution in [0.2, 0.25) is 0 Å². The summed E-state index contributed by atoms with van der Waals surface area (Å²) in [6.07, 6.45) is 1.24. The molecule has 0 bridgehead atoms. The monoisotopic (exact) mass is 218 g/mol. The van der Waals surface area contributed by atoms with Gasteiger partial charge in [-0.05, 0) is 6.42 Å². The highest BCUT2D eigenvalue weighted by Gasteiger charge is 2.21. The van der Waals surface area contributed by atoms with Crippen molar-refractivity contribution in [3.63, 3.8) is 0 Å². The third kappa shape index (κ3) is 3.87. The van der Waals surface area contributed by atoms with E-state index in [4.69, 9.17) is 4.74 Å². The Labute approximate surface area is 87.9 Å². The van der Waals surface area contributed by atoms with Crippen LogP contribution in [0.1, 0.15) is 6.42 Å². The lowest BCUT2D eigenvalue weighted by Crippen LogP contribution is -2.33. The van der Waals surface area contributed by atoms with Gasteiger partial charge in [0.15, 0.2) is 7.85 Å². The standard InChI is InChI=1S/C6H12B2O3S2/c7-5(6(9)11-8)10-4-1-2-12-13-3-4/h4-5H,1-3,7-8H2. The molecule has 3 nitrogen and oxygen atoms in total. The van der Waals surface area contributed by atoms with Crippen LogP contribution >= 0.6 is 21.6 Å². The first-order valence-corrected chi connectivity index (χ1v) is 6.70. The van der Waals surface area contributed by atoms with E-state index in [1.54, 1.807) is 18.6 Å². The first-order chi connectivity index (χ1) is 6.24. The maximum absolute atomic E-state index is 11.0. The van der Waals surface area contributed by atoms with Crippen molar-refractivity contribution in [1.82, 2.24) is 0 Å². The molecule has 0 saturated carbocycles. The first kappa shape index (κ1) is 11.3. The molecule has 0 N–H and O–H groups in total. The molecule has 0 radical (unpaired) electrons. The average molecular weight is 218 g/mol. The molecule has 13 heavy (non-hydrogen) atoms. The van der Waals surface area contributed by atoms with Gasteiger partial charge in [0, 0.05) is 11.5 Å². The van der Waals surface area contributed by atoms with Gasteiger partial charge in [0.25, 0.3) is 0 Å². The van der Waals surface area contributed by atoms with Gasteiger partial charge in [-0.3, -0.25) is 4.79 Å². The topological polar surface area (TPSA) is 35.5 Å². The van der Waals surface area contributed by atoms with Crippen LogP contribution in [0.3, 0.4) is 0 Å². The third-order valence-corrected chi connectivity index (χ3v) is 4.28. The highest BCUT2D eigenvalue weighted by Crippen LogP contribution is 2.30. The minimum absolute atomic E-state index is 0.209. The van der Waals surface area contributed by atoms with Crippen molar-refractivity contribution in [3.8, 4) is 0 Å². The Hall–Kier alpha value is 0.260. The molecule has 1 aliphatic rings. The van der Waals surface area contributed by atoms with Gasteiger partial charge in [-0.15, -0.1) is 0 Å². The van der Waals surface area contributed by atoms with E-state index in [-0.39, 0.29) is 12.1 Å². The summed E-state index contributed by atoms with van der Waals surface area (Å²) in [7, 11) is 6.78. The molecule has 1 aliphatic heterocycles. The molecule has 0 amide bonds. The van der Waals surface area contributed by atoms with Gasteiger partial charge < -0.3 is 9.39 Å². The lowest BCUT2D eigenvalue weighted by molar-refractivity contribution is -0.144. The number of ether oxygens (including phenoxy) is 1. The summed E-state index contributed by atoms with van der Waals surface area (Å²) < 4.78 is 10.1. The lowest BCUT2D eigenvalue weighted by atomic mass is 10.00. The first-order valence-electron chi connectivity index (χ1n) is 4.21. The molecule has 7 heteroatoms. The van der Waals surface area contributed by atoms with Crippen molar-refractivity contribution in [1.29, 1.82) is 0 Å². The van der Waals surface area contributed by atoms with Crippen molar-refractivity contribution in [2.45, 2.75) is 18.5 Å². The SMILES string of the molecule is BOC(=O)C(B)OC1CCSSC1. The number of hydrogen-bond acceptors (Lipinski definition) is 5. The number of carbonyl (C=O) groups excluding carboxylic acids is 1. The minimum Gasteiger partial charge on any atom is -0.542 e. The summed E-state index contributed by atoms with van der Waals surface area (Å²) in [5, 5.41) is 0. The fourth-order valence-corrected chi connectivity index (χ4v) is 3.42. The molecular weight excluding hydrogens is 206 g/mol. The zero-order valence-corrected chi connectivity index (χ0v) is 9.45. The van der Waals surface area contributed by atoms with E-state index in [0.717, 1.165) is 17.9 Å². The number of carbonyl (C=O) groups is 1. The molecule has 1 fully saturated rings. The predicted octanol–water partition coefficient (Wildman–Crippen LogP) is -0.793. The molecule has 0 spiro atoms. The van der Waals surface area contributed by atoms with Crippen LogP contribution in [-0.4, -0.2) is 45.5 Å². The Kier molecular flexibility index (Phi) is 5.13. The minimum atomic E-state index is -0.432. The van der Waals surface area contributed by atoms with Gasteiger partial charge in [-0.25, -0.2) is 0 Å². The maximum atomic E-state index is 11.0. The second-order valence-corrected chi connectivity index (χ2v) is 5.45. The highest BCUT2D eigenvalue weighted by atomic mass is 33.1. The summed E-state index contributed by atoms with van der Waals surface area (Å²) in [6, 6.07) is -0.432. The number of rotatable bonds is 3. The van der Waals surface area contributed by atoms with E-state index in [9.17, 15) is 4.79 Å². The van der Waals surface area contributed by atoms with Crippen LogP contribution in [0.25, 0.3) is 0 Å². The van der Waals surface area contributed by atoms with Crippen molar-refractivity contribution in [2.24, 2.45) is 0 Å². The van der Waals surface area contributed by atoms with E-state index in [1.807, 2.05) is 10.8 Å². The Balaban J connectivity index is 2.25. The Morgan fingerprint density at radius 1 is 1.54 bits per heavy atom. The lowest BCUT2D eigenvalue weighted by Gasteiger charge is -2.23. The van der Waals surface area contributed by atoms with Gasteiger partial charge >= 0.3 is 14.0 Å². The number of hydrogen-bond donors (Lipinski definition) is 0. The molecule has 2 unspecified atom stereocenters. The molecule has 1 rings (SSSR count). The van der Waals surface area contributed by atoms with E-state index < -0.39 is 6.00 Å². The Morgan fingerprint density at radius 3 is 2.85 bits per heavy atom. The van der Waals surface area contributed by atoms with E-state index in [1.165, 1.54) is 8.05 Å². The molecule has 0 aromatic heterocycles. The third-order valence-electron chi connectivity index (χ3n) is 1.79. The van der Waals surface area contributed by atoms with Crippen LogP contribution in [0, 0.1) is 0 Å². The van der Waals surface area contributed by atoms with Crippen molar-refractivity contribution in [3.05, 3.63) is 0 Å². The van der Waals surface area contributed by atoms with Crippen LogP contribution < -0.4 is 0 Å². The van der Waals surface area contributed by atoms with Crippen LogP contribution in [0.4, 0.5) is 0 Å². The molecule has 0 aromatic rings. The summed E-state index contributed by atoms with van der Waals surface area (Å²) in [5.74, 6) is 1.78. The van der Waals surface area contributed by atoms with Gasteiger partial charge in [0.2, 0.25) is 0 Å². The second kappa shape index (κ2) is 5.88. The highest BCUT2D eigenvalue weighted by molar-refractivity contribution is 8.76. The zero-order chi connectivity index (χ0) is 9.68. The zero-order valence-electron chi connectivity index (χ0n) is 7.82. The summed E-state index contributed by atoms with van der Waals surface area (Å²) in [5.41, 5.74) is 0. The quantitative estimate of drug-likeness (QED) is 0.458. The van der Waals surface area contributed by atoms with Crippen LogP contribution in [0.5, 0.6) is 0 Å². The summed E-state index contributed by atoms with van der Waals surface area (Å²) in [4.78, 5) is 11.0. The second-order valence-electron chi connectivity index (χ2n) is 2.82. The molecular formula is C6H12B2O3S2. The van der Waals surface area contributed by atoms with Gasteiger partial charge in [0.1, 0.15) is 6.00 Å². The summed E-state index contributed by atoms with van der Waals surface area (Å²) in [6.45, 7) is 0. The molecule has 2 atom stereocenters. The van der Waals surface area contributed by atoms with Crippen molar-refractivity contribution in [2.75, 3.05) is 11.5 Å². The predicted molar refractivity (Wildman–Crippen MR) is 61.4 cm³/mol. The van der Waals surface area contributed by atoms with Crippen LogP contribution in [0.15, 0.2) is 0 Å². The Bertz CT molecular complexity index is 175. The molecule has 0 aliphatic carbocycles. The van der Waals surface area contributed by atoms with Gasteiger partial charge in [-0.2, -0.15) is 0 Å². The van der Waals surface area contributed by atoms with Gasteiger partial charge in [-0.1, -0.05) is 21.6 Å². The fourth-order valence-electron chi connectivity index (χ4n) is 1.06. The normalized spacial score (nSPS) is 25.1. The van der Waals surface area contributed by atoms with E-state index in [2.05, 4.69) is 4.65 Å². The van der Waals surface area contributed by atoms with Gasteiger partial charge in [0.05, 0.1) is 6.10 Å². The molecule has 1 saturated heterocycles. The van der Waals surface area contributed by atoms with Crippen LogP contribution in [-0.2, 0) is 14.2 Å². The molecule has 72 valence electrons.